The Bertz CT molecular complexity index is 475. The number of alkyl halides is 1. The minimum absolute atomic E-state index is 0.324. The molecule has 4 saturated carbocycles. The van der Waals surface area contributed by atoms with Crippen molar-refractivity contribution in [2.24, 2.45) is 23.2 Å². The predicted octanol–water partition coefficient (Wildman–Crippen LogP) is 5.82. The lowest BCUT2D eigenvalue weighted by Crippen LogP contribution is -2.50. The van der Waals surface area contributed by atoms with E-state index in [2.05, 4.69) is 40.2 Å². The van der Waals surface area contributed by atoms with Gasteiger partial charge in [-0.05, 0) is 85.8 Å². The molecule has 5 rings (SSSR count). The van der Waals surface area contributed by atoms with Gasteiger partial charge in [-0.3, -0.25) is 0 Å². The van der Waals surface area contributed by atoms with Gasteiger partial charge in [-0.2, -0.15) is 0 Å². The summed E-state index contributed by atoms with van der Waals surface area (Å²) in [7, 11) is 0. The highest BCUT2D eigenvalue weighted by Crippen LogP contribution is 2.62. The Morgan fingerprint density at radius 2 is 1.70 bits per heavy atom. The van der Waals surface area contributed by atoms with Crippen molar-refractivity contribution in [2.75, 3.05) is 0 Å². The Hall–Kier alpha value is -0.0100. The van der Waals surface area contributed by atoms with Crippen LogP contribution in [0, 0.1) is 23.2 Å². The molecule has 0 amide bonds. The molecule has 2 heteroatoms. The van der Waals surface area contributed by atoms with Crippen molar-refractivity contribution in [2.45, 2.75) is 50.3 Å². The molecule has 4 aliphatic rings. The van der Waals surface area contributed by atoms with E-state index in [9.17, 15) is 0 Å². The minimum Gasteiger partial charge on any atom is -0.122 e. The molecule has 20 heavy (non-hydrogen) atoms. The molecule has 0 spiro atoms. The first kappa shape index (κ1) is 13.6. The molecule has 1 unspecified atom stereocenters. The first-order chi connectivity index (χ1) is 9.63. The van der Waals surface area contributed by atoms with Gasteiger partial charge in [0.1, 0.15) is 0 Å². The molecule has 0 nitrogen and oxygen atoms in total. The Balaban J connectivity index is 1.54. The molecule has 0 N–H and O–H groups in total. The topological polar surface area (TPSA) is 0 Å². The van der Waals surface area contributed by atoms with Gasteiger partial charge in [0, 0.05) is 9.85 Å². The summed E-state index contributed by atoms with van der Waals surface area (Å²) in [6, 6.07) is 8.68. The molecular weight excluding hydrogens is 332 g/mol. The predicted molar refractivity (Wildman–Crippen MR) is 88.1 cm³/mol. The van der Waals surface area contributed by atoms with E-state index in [4.69, 9.17) is 11.6 Å². The Kier molecular flexibility index (Phi) is 3.42. The van der Waals surface area contributed by atoms with Gasteiger partial charge in [0.05, 0.1) is 0 Å². The minimum atomic E-state index is 0.324. The van der Waals surface area contributed by atoms with E-state index in [-0.39, 0.29) is 0 Å². The summed E-state index contributed by atoms with van der Waals surface area (Å²) in [5, 5.41) is 0.324. The maximum atomic E-state index is 6.97. The van der Waals surface area contributed by atoms with Crippen molar-refractivity contribution in [1.82, 2.24) is 0 Å². The zero-order valence-electron chi connectivity index (χ0n) is 11.8. The van der Waals surface area contributed by atoms with Gasteiger partial charge < -0.3 is 0 Å². The van der Waals surface area contributed by atoms with E-state index < -0.39 is 0 Å². The van der Waals surface area contributed by atoms with Crippen LogP contribution < -0.4 is 0 Å². The Labute approximate surface area is 135 Å². The molecular formula is C18H22BrCl. The van der Waals surface area contributed by atoms with Crippen LogP contribution in [0.5, 0.6) is 0 Å². The van der Waals surface area contributed by atoms with E-state index in [0.29, 0.717) is 10.8 Å². The second-order valence-corrected chi connectivity index (χ2v) is 9.02. The number of halogens is 2. The molecule has 0 aliphatic heterocycles. The first-order valence-electron chi connectivity index (χ1n) is 8.01. The van der Waals surface area contributed by atoms with Crippen LogP contribution in [0.15, 0.2) is 28.7 Å². The molecule has 4 bridgehead atoms. The van der Waals surface area contributed by atoms with Crippen LogP contribution in [0.4, 0.5) is 0 Å². The van der Waals surface area contributed by atoms with Crippen LogP contribution in [0.2, 0.25) is 0 Å². The summed E-state index contributed by atoms with van der Waals surface area (Å²) in [6.45, 7) is 0. The van der Waals surface area contributed by atoms with E-state index >= 15 is 0 Å². The smallest absolute Gasteiger partial charge is 0.0432 e. The summed E-state index contributed by atoms with van der Waals surface area (Å²) < 4.78 is 1.17. The SMILES string of the molecule is ClC(Cc1cccc(Br)c1)C12CC3CC(CC(C3)C1)C2. The molecule has 4 aliphatic carbocycles. The number of hydrogen-bond donors (Lipinski definition) is 0. The fourth-order valence-corrected chi connectivity index (χ4v) is 6.54. The Morgan fingerprint density at radius 1 is 1.10 bits per heavy atom. The summed E-state index contributed by atoms with van der Waals surface area (Å²) >= 11 is 10.5. The number of benzene rings is 1. The molecule has 1 aromatic carbocycles. The fourth-order valence-electron chi connectivity index (χ4n) is 5.65. The van der Waals surface area contributed by atoms with Crippen LogP contribution in [0.25, 0.3) is 0 Å². The normalized spacial score (nSPS) is 40.0. The second kappa shape index (κ2) is 5.02. The van der Waals surface area contributed by atoms with Gasteiger partial charge in [-0.1, -0.05) is 28.1 Å². The molecule has 4 fully saturated rings. The third-order valence-electron chi connectivity index (χ3n) is 6.05. The van der Waals surface area contributed by atoms with Crippen molar-refractivity contribution >= 4 is 27.5 Å². The van der Waals surface area contributed by atoms with E-state index in [1.165, 1.54) is 48.6 Å². The summed E-state index contributed by atoms with van der Waals surface area (Å²) in [6.07, 6.45) is 9.75. The van der Waals surface area contributed by atoms with Crippen LogP contribution in [0.3, 0.4) is 0 Å². The largest absolute Gasteiger partial charge is 0.122 e. The summed E-state index contributed by atoms with van der Waals surface area (Å²) in [5.74, 6) is 2.97. The van der Waals surface area contributed by atoms with Crippen LogP contribution in [-0.4, -0.2) is 5.38 Å². The van der Waals surface area contributed by atoms with Crippen molar-refractivity contribution in [3.8, 4) is 0 Å². The molecule has 0 aromatic heterocycles. The average molecular weight is 354 g/mol. The second-order valence-electron chi connectivity index (χ2n) is 7.58. The number of rotatable bonds is 3. The lowest BCUT2D eigenvalue weighted by Gasteiger charge is -2.58. The van der Waals surface area contributed by atoms with Gasteiger partial charge in [0.15, 0.2) is 0 Å². The van der Waals surface area contributed by atoms with Crippen LogP contribution >= 0.6 is 27.5 Å². The summed E-state index contributed by atoms with van der Waals surface area (Å²) in [5.41, 5.74) is 1.84. The van der Waals surface area contributed by atoms with Crippen molar-refractivity contribution in [1.29, 1.82) is 0 Å². The highest BCUT2D eigenvalue weighted by Gasteiger charge is 2.53. The molecule has 1 atom stereocenters. The highest BCUT2D eigenvalue weighted by molar-refractivity contribution is 9.10. The quantitative estimate of drug-likeness (QED) is 0.601. The van der Waals surface area contributed by atoms with Crippen molar-refractivity contribution < 1.29 is 0 Å². The summed E-state index contributed by atoms with van der Waals surface area (Å²) in [4.78, 5) is 0. The lowest BCUT2D eigenvalue weighted by atomic mass is 9.48. The van der Waals surface area contributed by atoms with Gasteiger partial charge in [0.2, 0.25) is 0 Å². The van der Waals surface area contributed by atoms with Crippen molar-refractivity contribution in [3.05, 3.63) is 34.3 Å². The zero-order chi connectivity index (χ0) is 13.7. The first-order valence-corrected chi connectivity index (χ1v) is 9.24. The van der Waals surface area contributed by atoms with E-state index in [1.807, 2.05) is 0 Å². The maximum absolute atomic E-state index is 6.97. The Morgan fingerprint density at radius 3 is 2.25 bits per heavy atom. The zero-order valence-corrected chi connectivity index (χ0v) is 14.2. The molecule has 1 aromatic rings. The molecule has 0 heterocycles. The fraction of sp³-hybridized carbons (Fsp3) is 0.667. The highest BCUT2D eigenvalue weighted by atomic mass is 79.9. The van der Waals surface area contributed by atoms with Crippen LogP contribution in [0.1, 0.15) is 44.1 Å². The molecule has 108 valence electrons. The maximum Gasteiger partial charge on any atom is 0.0432 e. The monoisotopic (exact) mass is 352 g/mol. The molecule has 0 radical (unpaired) electrons. The average Bonchev–Trinajstić information content (AvgIpc) is 2.37. The van der Waals surface area contributed by atoms with E-state index in [1.54, 1.807) is 0 Å². The number of hydrogen-bond acceptors (Lipinski definition) is 0. The van der Waals surface area contributed by atoms with Gasteiger partial charge in [-0.15, -0.1) is 11.6 Å². The van der Waals surface area contributed by atoms with E-state index in [0.717, 1.165) is 24.2 Å². The van der Waals surface area contributed by atoms with Crippen molar-refractivity contribution in [3.63, 3.8) is 0 Å². The lowest BCUT2D eigenvalue weighted by molar-refractivity contribution is -0.0545. The van der Waals surface area contributed by atoms with Gasteiger partial charge in [-0.25, -0.2) is 0 Å². The standard InChI is InChI=1S/C18H22BrCl/c19-16-3-1-2-12(7-16)8-17(20)18-9-13-4-14(10-18)6-15(5-13)11-18/h1-3,7,13-15,17H,4-6,8-11H2. The third-order valence-corrected chi connectivity index (χ3v) is 7.16. The third kappa shape index (κ3) is 2.35. The van der Waals surface area contributed by atoms with Gasteiger partial charge >= 0.3 is 0 Å². The molecule has 0 saturated heterocycles. The van der Waals surface area contributed by atoms with Crippen LogP contribution in [-0.2, 0) is 6.42 Å². The van der Waals surface area contributed by atoms with Gasteiger partial charge in [0.25, 0.3) is 0 Å².